The minimum Gasteiger partial charge on any atom is -0.333 e. The molecule has 2 aliphatic rings. The zero-order valence-electron chi connectivity index (χ0n) is 9.76. The molecule has 1 aromatic rings. The van der Waals surface area contributed by atoms with E-state index >= 15 is 0 Å². The Hall–Kier alpha value is -0.940. The van der Waals surface area contributed by atoms with E-state index in [-0.39, 0.29) is 5.91 Å². The molecule has 92 valence electrons. The van der Waals surface area contributed by atoms with Crippen LogP contribution >= 0.6 is 11.3 Å². The molecule has 2 fully saturated rings. The highest BCUT2D eigenvalue weighted by atomic mass is 32.1. The van der Waals surface area contributed by atoms with Gasteiger partial charge in [0, 0.05) is 18.6 Å². The third kappa shape index (κ3) is 2.09. The Morgan fingerprint density at radius 2 is 2.41 bits per heavy atom. The molecule has 4 nitrogen and oxygen atoms in total. The van der Waals surface area contributed by atoms with Gasteiger partial charge in [0.1, 0.15) is 4.88 Å². The third-order valence-corrected chi connectivity index (χ3v) is 4.53. The first kappa shape index (κ1) is 11.2. The fourth-order valence-corrected chi connectivity index (χ4v) is 3.54. The summed E-state index contributed by atoms with van der Waals surface area (Å²) >= 11 is 1.44. The molecule has 0 radical (unpaired) electrons. The molecule has 0 saturated carbocycles. The number of hydrogen-bond acceptors (Lipinski definition) is 4. The maximum atomic E-state index is 12.3. The fraction of sp³-hybridized carbons (Fsp3) is 0.667. The number of hydrogen-bond donors (Lipinski definition) is 1. The number of amides is 1. The van der Waals surface area contributed by atoms with E-state index < -0.39 is 0 Å². The minimum absolute atomic E-state index is 0.170. The Labute approximate surface area is 105 Å². The van der Waals surface area contributed by atoms with E-state index in [1.165, 1.54) is 24.2 Å². The lowest BCUT2D eigenvalue weighted by Crippen LogP contribution is -2.46. The Morgan fingerprint density at radius 1 is 1.47 bits per heavy atom. The van der Waals surface area contributed by atoms with E-state index in [1.807, 2.05) is 0 Å². The predicted octanol–water partition coefficient (Wildman–Crippen LogP) is 1.50. The van der Waals surface area contributed by atoms with Gasteiger partial charge in [0.05, 0.1) is 11.7 Å². The lowest BCUT2D eigenvalue weighted by atomic mass is 10.0. The van der Waals surface area contributed by atoms with Gasteiger partial charge in [-0.15, -0.1) is 11.3 Å². The second kappa shape index (κ2) is 4.74. The maximum Gasteiger partial charge on any atom is 0.265 e. The number of aromatic nitrogens is 1. The Kier molecular flexibility index (Phi) is 3.11. The van der Waals surface area contributed by atoms with Crippen LogP contribution in [0.2, 0.25) is 0 Å². The van der Waals surface area contributed by atoms with Gasteiger partial charge in [-0.3, -0.25) is 9.78 Å². The average Bonchev–Trinajstić information content (AvgIpc) is 3.09. The molecule has 3 rings (SSSR count). The molecule has 17 heavy (non-hydrogen) atoms. The van der Waals surface area contributed by atoms with Crippen LogP contribution in [0.4, 0.5) is 0 Å². The van der Waals surface area contributed by atoms with Crippen LogP contribution in [0.5, 0.6) is 0 Å². The molecule has 2 aliphatic heterocycles. The second-order valence-electron chi connectivity index (χ2n) is 4.78. The van der Waals surface area contributed by atoms with E-state index in [1.54, 1.807) is 11.7 Å². The molecule has 0 spiro atoms. The molecule has 1 amide bonds. The molecule has 0 aromatic carbocycles. The smallest absolute Gasteiger partial charge is 0.265 e. The van der Waals surface area contributed by atoms with Crippen molar-refractivity contribution in [2.45, 2.75) is 37.8 Å². The van der Waals surface area contributed by atoms with Crippen molar-refractivity contribution in [2.75, 3.05) is 13.1 Å². The van der Waals surface area contributed by atoms with Crippen LogP contribution in [-0.4, -0.2) is 41.0 Å². The maximum absolute atomic E-state index is 12.3. The molecule has 3 heterocycles. The summed E-state index contributed by atoms with van der Waals surface area (Å²) in [5.74, 6) is 0.170. The van der Waals surface area contributed by atoms with Gasteiger partial charge < -0.3 is 10.2 Å². The summed E-state index contributed by atoms with van der Waals surface area (Å²) in [6.45, 7) is 2.00. The van der Waals surface area contributed by atoms with Gasteiger partial charge in [-0.1, -0.05) is 0 Å². The number of thiazole rings is 1. The average molecular weight is 251 g/mol. The third-order valence-electron chi connectivity index (χ3n) is 3.77. The normalized spacial score (nSPS) is 28.8. The number of carbonyl (C=O) groups is 1. The van der Waals surface area contributed by atoms with Crippen molar-refractivity contribution in [1.82, 2.24) is 15.2 Å². The summed E-state index contributed by atoms with van der Waals surface area (Å²) < 4.78 is 0. The first-order valence-corrected chi connectivity index (χ1v) is 7.17. The van der Waals surface area contributed by atoms with Crippen molar-refractivity contribution < 1.29 is 4.79 Å². The highest BCUT2D eigenvalue weighted by molar-refractivity contribution is 7.11. The summed E-state index contributed by atoms with van der Waals surface area (Å²) in [5.41, 5.74) is 1.73. The van der Waals surface area contributed by atoms with Crippen molar-refractivity contribution in [3.05, 3.63) is 16.6 Å². The van der Waals surface area contributed by atoms with Gasteiger partial charge in [-0.05, 0) is 32.2 Å². The summed E-state index contributed by atoms with van der Waals surface area (Å²) in [7, 11) is 0. The van der Waals surface area contributed by atoms with Crippen LogP contribution in [0.1, 0.15) is 35.4 Å². The second-order valence-corrected chi connectivity index (χ2v) is 5.66. The monoisotopic (exact) mass is 251 g/mol. The molecule has 5 heteroatoms. The van der Waals surface area contributed by atoms with Gasteiger partial charge in [0.2, 0.25) is 0 Å². The van der Waals surface area contributed by atoms with Crippen LogP contribution < -0.4 is 5.32 Å². The first-order valence-electron chi connectivity index (χ1n) is 6.29. The lowest BCUT2D eigenvalue weighted by Gasteiger charge is -2.29. The van der Waals surface area contributed by atoms with Crippen LogP contribution in [-0.2, 0) is 0 Å². The molecular formula is C12H17N3OS. The Bertz CT molecular complexity index is 386. The highest BCUT2D eigenvalue weighted by Gasteiger charge is 2.36. The minimum atomic E-state index is 0.170. The number of nitrogens with zero attached hydrogens (tertiary/aromatic N) is 2. The van der Waals surface area contributed by atoms with E-state index in [4.69, 9.17) is 0 Å². The number of likely N-dealkylation sites (tertiary alicyclic amines) is 1. The molecular weight excluding hydrogens is 234 g/mol. The topological polar surface area (TPSA) is 45.2 Å². The van der Waals surface area contributed by atoms with Gasteiger partial charge >= 0.3 is 0 Å². The van der Waals surface area contributed by atoms with E-state index in [2.05, 4.69) is 15.2 Å². The van der Waals surface area contributed by atoms with Gasteiger partial charge in [0.25, 0.3) is 5.91 Å². The highest BCUT2D eigenvalue weighted by Crippen LogP contribution is 2.27. The van der Waals surface area contributed by atoms with Gasteiger partial charge in [0.15, 0.2) is 0 Å². The summed E-state index contributed by atoms with van der Waals surface area (Å²) in [6, 6.07) is 0.904. The molecule has 1 N–H and O–H groups in total. The van der Waals surface area contributed by atoms with E-state index in [0.29, 0.717) is 12.1 Å². The van der Waals surface area contributed by atoms with Crippen molar-refractivity contribution in [1.29, 1.82) is 0 Å². The molecule has 1 aromatic heterocycles. The number of carbonyl (C=O) groups excluding carboxylic acids is 1. The SMILES string of the molecule is O=C(c1cncs1)N1CCCC1C1CCCN1. The van der Waals surface area contributed by atoms with Crippen LogP contribution in [0.25, 0.3) is 0 Å². The lowest BCUT2D eigenvalue weighted by molar-refractivity contribution is 0.0716. The Balaban J connectivity index is 1.75. The van der Waals surface area contributed by atoms with Crippen molar-refractivity contribution in [2.24, 2.45) is 0 Å². The Morgan fingerprint density at radius 3 is 3.12 bits per heavy atom. The van der Waals surface area contributed by atoms with E-state index in [9.17, 15) is 4.79 Å². The number of nitrogens with one attached hydrogen (secondary N) is 1. The number of rotatable bonds is 2. The molecule has 2 saturated heterocycles. The van der Waals surface area contributed by atoms with Crippen LogP contribution in [0.3, 0.4) is 0 Å². The molecule has 2 unspecified atom stereocenters. The van der Waals surface area contributed by atoms with Gasteiger partial charge in [-0.25, -0.2) is 0 Å². The fourth-order valence-electron chi connectivity index (χ4n) is 2.97. The zero-order valence-corrected chi connectivity index (χ0v) is 10.6. The molecule has 2 atom stereocenters. The van der Waals surface area contributed by atoms with Gasteiger partial charge in [-0.2, -0.15) is 0 Å². The van der Waals surface area contributed by atoms with Crippen molar-refractivity contribution in [3.8, 4) is 0 Å². The summed E-state index contributed by atoms with van der Waals surface area (Å²) in [5, 5.41) is 3.52. The molecule has 0 bridgehead atoms. The zero-order chi connectivity index (χ0) is 11.7. The van der Waals surface area contributed by atoms with Crippen molar-refractivity contribution in [3.63, 3.8) is 0 Å². The van der Waals surface area contributed by atoms with E-state index in [0.717, 1.165) is 30.8 Å². The molecule has 0 aliphatic carbocycles. The first-order chi connectivity index (χ1) is 8.36. The van der Waals surface area contributed by atoms with Crippen LogP contribution in [0, 0.1) is 0 Å². The largest absolute Gasteiger partial charge is 0.333 e. The predicted molar refractivity (Wildman–Crippen MR) is 67.2 cm³/mol. The summed E-state index contributed by atoms with van der Waals surface area (Å²) in [6.07, 6.45) is 6.40. The van der Waals surface area contributed by atoms with Crippen molar-refractivity contribution >= 4 is 17.2 Å². The van der Waals surface area contributed by atoms with Crippen LogP contribution in [0.15, 0.2) is 11.7 Å². The standard InChI is InChI=1S/C12H17N3OS/c16-12(11-7-13-8-17-11)15-6-2-4-10(15)9-3-1-5-14-9/h7-10,14H,1-6H2. The quantitative estimate of drug-likeness (QED) is 0.866. The summed E-state index contributed by atoms with van der Waals surface area (Å²) in [4.78, 5) is 19.2.